The van der Waals surface area contributed by atoms with E-state index in [0.717, 1.165) is 0 Å². The lowest BCUT2D eigenvalue weighted by Crippen LogP contribution is -2.25. The molecule has 3 rings (SSSR count). The fourth-order valence-electron chi connectivity index (χ4n) is 2.32. The molecule has 0 unspecified atom stereocenters. The van der Waals surface area contributed by atoms with Crippen molar-refractivity contribution in [1.29, 1.82) is 0 Å². The van der Waals surface area contributed by atoms with Crippen LogP contribution in [0.2, 0.25) is 5.02 Å². The predicted molar refractivity (Wildman–Crippen MR) is 102 cm³/mol. The highest BCUT2D eigenvalue weighted by Crippen LogP contribution is 2.15. The highest BCUT2D eigenvalue weighted by Gasteiger charge is 2.06. The first-order valence-corrected chi connectivity index (χ1v) is 8.47. The molecule has 1 aromatic heterocycles. The Morgan fingerprint density at radius 1 is 1.19 bits per heavy atom. The average molecular weight is 391 g/mol. The van der Waals surface area contributed by atoms with E-state index in [1.807, 2.05) is 18.2 Å². The van der Waals surface area contributed by atoms with Crippen molar-refractivity contribution in [1.82, 2.24) is 9.55 Å². The number of ether oxygens (including phenoxy) is 1. The number of carboxylic acid groups (broad SMARTS) is 1. The Hall–Kier alpha value is -2.90. The zero-order valence-corrected chi connectivity index (χ0v) is 15.4. The Morgan fingerprint density at radius 3 is 2.48 bits per heavy atom. The number of hydrogen-bond acceptors (Lipinski definition) is 5. The van der Waals surface area contributed by atoms with Crippen LogP contribution in [0.5, 0.6) is 5.75 Å². The number of halogens is 1. The first-order chi connectivity index (χ1) is 12.9. The van der Waals surface area contributed by atoms with Crippen molar-refractivity contribution in [3.63, 3.8) is 0 Å². The van der Waals surface area contributed by atoms with Gasteiger partial charge in [0.1, 0.15) is 11.6 Å². The van der Waals surface area contributed by atoms with Crippen molar-refractivity contribution < 1.29 is 19.7 Å². The maximum absolute atomic E-state index is 12.0. The van der Waals surface area contributed by atoms with Gasteiger partial charge in [0.05, 0.1) is 24.1 Å². The molecule has 142 valence electrons. The van der Waals surface area contributed by atoms with Gasteiger partial charge in [0, 0.05) is 5.02 Å². The molecule has 0 saturated heterocycles. The molecule has 0 fully saturated rings. The quantitative estimate of drug-likeness (QED) is 0.694. The minimum absolute atomic E-state index is 0.0548. The maximum Gasteiger partial charge on any atom is 0.341 e. The molecule has 0 saturated carbocycles. The molecule has 1 heterocycles. The third kappa shape index (κ3) is 5.80. The number of aryl methyl sites for hydroxylation is 1. The molecule has 0 aliphatic heterocycles. The molecule has 2 aromatic carbocycles. The van der Waals surface area contributed by atoms with Crippen LogP contribution in [0.1, 0.15) is 5.82 Å². The van der Waals surface area contributed by atoms with Gasteiger partial charge in [-0.15, -0.1) is 0 Å². The molecule has 8 heteroatoms. The maximum atomic E-state index is 12.0. The van der Waals surface area contributed by atoms with Gasteiger partial charge in [-0.3, -0.25) is 9.36 Å². The van der Waals surface area contributed by atoms with Gasteiger partial charge in [0.2, 0.25) is 0 Å². The molecule has 0 aliphatic rings. The normalized spacial score (nSPS) is 10.2. The molecule has 2 N–H and O–H groups in total. The Balaban J connectivity index is 0.000000199. The predicted octanol–water partition coefficient (Wildman–Crippen LogP) is 2.50. The van der Waals surface area contributed by atoms with E-state index >= 15 is 0 Å². The molecule has 0 amide bonds. The van der Waals surface area contributed by atoms with Crippen molar-refractivity contribution in [3.8, 4) is 5.75 Å². The molecular weight excluding hydrogens is 372 g/mol. The number of nitrogens with zero attached hydrogens (tertiary/aromatic N) is 2. The van der Waals surface area contributed by atoms with Crippen LogP contribution in [0.4, 0.5) is 0 Å². The minimum atomic E-state index is -0.995. The Kier molecular flexibility index (Phi) is 7.34. The lowest BCUT2D eigenvalue weighted by Gasteiger charge is -2.08. The Morgan fingerprint density at radius 2 is 1.85 bits per heavy atom. The van der Waals surface area contributed by atoms with Crippen molar-refractivity contribution in [2.45, 2.75) is 13.5 Å². The smallest absolute Gasteiger partial charge is 0.341 e. The summed E-state index contributed by atoms with van der Waals surface area (Å²) in [5.41, 5.74) is 0.612. The molecule has 3 aromatic rings. The summed E-state index contributed by atoms with van der Waals surface area (Å²) in [6.45, 7) is 1.68. The number of aliphatic hydroxyl groups is 1. The Bertz CT molecular complexity index is 970. The number of aliphatic hydroxyl groups excluding tert-OH is 1. The van der Waals surface area contributed by atoms with Crippen LogP contribution in [-0.4, -0.2) is 38.9 Å². The van der Waals surface area contributed by atoms with E-state index < -0.39 is 5.97 Å². The number of hydrogen-bond donors (Lipinski definition) is 2. The molecular formula is C19H19ClN2O5. The molecule has 0 aliphatic carbocycles. The van der Waals surface area contributed by atoms with Crippen molar-refractivity contribution in [3.05, 3.63) is 69.7 Å². The molecule has 0 bridgehead atoms. The average Bonchev–Trinajstić information content (AvgIpc) is 2.65. The van der Waals surface area contributed by atoms with E-state index in [1.54, 1.807) is 37.3 Å². The summed E-state index contributed by atoms with van der Waals surface area (Å²) in [6, 6.07) is 13.7. The minimum Gasteiger partial charge on any atom is -0.482 e. The molecule has 0 atom stereocenters. The first kappa shape index (κ1) is 20.4. The number of para-hydroxylation sites is 1. The topological polar surface area (TPSA) is 102 Å². The summed E-state index contributed by atoms with van der Waals surface area (Å²) in [4.78, 5) is 26.3. The lowest BCUT2D eigenvalue weighted by atomic mass is 10.2. The fraction of sp³-hybridized carbons (Fsp3) is 0.211. The Labute approximate surface area is 160 Å². The lowest BCUT2D eigenvalue weighted by molar-refractivity contribution is -0.139. The number of carboxylic acids is 1. The summed E-state index contributed by atoms with van der Waals surface area (Å²) in [5.74, 6) is 0.138. The zero-order valence-electron chi connectivity index (χ0n) is 14.6. The zero-order chi connectivity index (χ0) is 19.8. The van der Waals surface area contributed by atoms with Crippen LogP contribution in [0, 0.1) is 6.92 Å². The number of fused-ring (bicyclic) bond motifs is 1. The fourth-order valence-corrected chi connectivity index (χ4v) is 2.44. The number of carbonyl (C=O) groups is 1. The van der Waals surface area contributed by atoms with Crippen molar-refractivity contribution >= 4 is 28.5 Å². The highest BCUT2D eigenvalue weighted by atomic mass is 35.5. The van der Waals surface area contributed by atoms with Gasteiger partial charge in [0.15, 0.2) is 6.61 Å². The van der Waals surface area contributed by atoms with Crippen molar-refractivity contribution in [2.24, 2.45) is 0 Å². The largest absolute Gasteiger partial charge is 0.482 e. The summed E-state index contributed by atoms with van der Waals surface area (Å²) >= 11 is 5.60. The van der Waals surface area contributed by atoms with Gasteiger partial charge in [-0.25, -0.2) is 9.78 Å². The molecule has 27 heavy (non-hydrogen) atoms. The number of aromatic nitrogens is 2. The summed E-state index contributed by atoms with van der Waals surface area (Å²) in [7, 11) is 0. The SMILES string of the molecule is Cc1nc2ccccc2c(=O)n1CCO.O=C(O)COc1ccc(Cl)cc1. The van der Waals surface area contributed by atoms with E-state index in [1.165, 1.54) is 4.57 Å². The number of benzene rings is 2. The monoisotopic (exact) mass is 390 g/mol. The van der Waals surface area contributed by atoms with Gasteiger partial charge >= 0.3 is 5.97 Å². The van der Waals surface area contributed by atoms with E-state index in [0.29, 0.717) is 34.0 Å². The van der Waals surface area contributed by atoms with Crippen LogP contribution in [0.15, 0.2) is 53.3 Å². The molecule has 0 radical (unpaired) electrons. The second-order valence-electron chi connectivity index (χ2n) is 5.49. The van der Waals surface area contributed by atoms with E-state index in [2.05, 4.69) is 4.98 Å². The van der Waals surface area contributed by atoms with Crippen LogP contribution in [0.25, 0.3) is 10.9 Å². The standard InChI is InChI=1S/C11H12N2O2.C8H7ClO3/c1-8-12-10-5-3-2-4-9(10)11(15)13(8)6-7-14;9-6-1-3-7(4-2-6)12-5-8(10)11/h2-5,14H,6-7H2,1H3;1-4H,5H2,(H,10,11). The van der Waals surface area contributed by atoms with Gasteiger partial charge in [-0.1, -0.05) is 23.7 Å². The van der Waals surface area contributed by atoms with E-state index in [-0.39, 0.29) is 18.8 Å². The molecule has 7 nitrogen and oxygen atoms in total. The van der Waals surface area contributed by atoms with Crippen LogP contribution < -0.4 is 10.3 Å². The van der Waals surface area contributed by atoms with Gasteiger partial charge in [-0.2, -0.15) is 0 Å². The van der Waals surface area contributed by atoms with Gasteiger partial charge < -0.3 is 14.9 Å². The van der Waals surface area contributed by atoms with E-state index in [4.69, 9.17) is 26.6 Å². The first-order valence-electron chi connectivity index (χ1n) is 8.09. The van der Waals surface area contributed by atoms with Gasteiger partial charge in [-0.05, 0) is 43.3 Å². The summed E-state index contributed by atoms with van der Waals surface area (Å²) in [6.07, 6.45) is 0. The van der Waals surface area contributed by atoms with E-state index in [9.17, 15) is 9.59 Å². The third-order valence-electron chi connectivity index (χ3n) is 3.55. The second-order valence-corrected chi connectivity index (χ2v) is 5.93. The van der Waals surface area contributed by atoms with Crippen LogP contribution in [-0.2, 0) is 11.3 Å². The highest BCUT2D eigenvalue weighted by molar-refractivity contribution is 6.30. The van der Waals surface area contributed by atoms with Gasteiger partial charge in [0.25, 0.3) is 5.56 Å². The van der Waals surface area contributed by atoms with Crippen LogP contribution >= 0.6 is 11.6 Å². The molecule has 0 spiro atoms. The van der Waals surface area contributed by atoms with Crippen molar-refractivity contribution in [2.75, 3.05) is 13.2 Å². The van der Waals surface area contributed by atoms with Crippen LogP contribution in [0.3, 0.4) is 0 Å². The number of aliphatic carboxylic acids is 1. The second kappa shape index (κ2) is 9.70. The number of rotatable bonds is 5. The third-order valence-corrected chi connectivity index (χ3v) is 3.80. The summed E-state index contributed by atoms with van der Waals surface area (Å²) in [5, 5.41) is 18.3. The summed E-state index contributed by atoms with van der Waals surface area (Å²) < 4.78 is 6.35.